The Morgan fingerprint density at radius 2 is 1.95 bits per heavy atom. The fourth-order valence-electron chi connectivity index (χ4n) is 1.88. The minimum absolute atomic E-state index is 0.127. The molecule has 0 bridgehead atoms. The first kappa shape index (κ1) is 16.8. The molecule has 20 heavy (non-hydrogen) atoms. The molecule has 0 fully saturated rings. The number of ketones is 1. The number of carbonyl (C=O) groups excluding carboxylic acids is 1. The van der Waals surface area contributed by atoms with Crippen molar-refractivity contribution in [3.63, 3.8) is 0 Å². The molecular formula is C15H27N3O2. The lowest BCUT2D eigenvalue weighted by atomic mass is 9.99. The summed E-state index contributed by atoms with van der Waals surface area (Å²) in [5.74, 6) is 0.208. The van der Waals surface area contributed by atoms with Crippen molar-refractivity contribution in [3.05, 3.63) is 11.9 Å². The molecule has 0 N–H and O–H groups in total. The predicted octanol–water partition coefficient (Wildman–Crippen LogP) is 2.88. The van der Waals surface area contributed by atoms with Crippen LogP contribution in [0.5, 0.6) is 0 Å². The first-order chi connectivity index (χ1) is 9.12. The Hall–Kier alpha value is -1.23. The van der Waals surface area contributed by atoms with Crippen molar-refractivity contribution >= 4 is 5.78 Å². The van der Waals surface area contributed by atoms with E-state index in [0.717, 1.165) is 18.5 Å². The van der Waals surface area contributed by atoms with Gasteiger partial charge in [-0.3, -0.25) is 0 Å². The highest BCUT2D eigenvalue weighted by Crippen LogP contribution is 2.22. The van der Waals surface area contributed by atoms with Crippen molar-refractivity contribution in [2.45, 2.75) is 71.9 Å². The maximum atomic E-state index is 11.0. The summed E-state index contributed by atoms with van der Waals surface area (Å²) in [4.78, 5) is 11.0. The fourth-order valence-corrected chi connectivity index (χ4v) is 1.88. The van der Waals surface area contributed by atoms with E-state index in [1.54, 1.807) is 6.92 Å². The van der Waals surface area contributed by atoms with Crippen LogP contribution in [-0.4, -0.2) is 33.0 Å². The molecule has 1 rings (SSSR count). The second-order valence-electron chi connectivity index (χ2n) is 6.68. The molecule has 1 aromatic heterocycles. The number of hydrogen-bond acceptors (Lipinski definition) is 4. The van der Waals surface area contributed by atoms with Crippen molar-refractivity contribution < 1.29 is 9.53 Å². The van der Waals surface area contributed by atoms with Crippen LogP contribution in [0.1, 0.15) is 59.6 Å². The van der Waals surface area contributed by atoms with Crippen LogP contribution in [0.3, 0.4) is 0 Å². The van der Waals surface area contributed by atoms with Crippen molar-refractivity contribution in [3.8, 4) is 0 Å². The number of carbonyl (C=O) groups is 1. The van der Waals surface area contributed by atoms with Gasteiger partial charge in [0.2, 0.25) is 0 Å². The molecular weight excluding hydrogens is 254 g/mol. The zero-order valence-corrected chi connectivity index (χ0v) is 13.6. The monoisotopic (exact) mass is 281 g/mol. The van der Waals surface area contributed by atoms with Crippen LogP contribution in [0.25, 0.3) is 0 Å². The van der Waals surface area contributed by atoms with E-state index in [4.69, 9.17) is 4.74 Å². The molecule has 0 aliphatic carbocycles. The van der Waals surface area contributed by atoms with Crippen LogP contribution >= 0.6 is 0 Å². The summed E-state index contributed by atoms with van der Waals surface area (Å²) in [6.45, 7) is 12.5. The lowest BCUT2D eigenvalue weighted by Crippen LogP contribution is -2.32. The Morgan fingerprint density at radius 3 is 2.45 bits per heavy atom. The third-order valence-corrected chi connectivity index (χ3v) is 3.51. The number of nitrogens with zero attached hydrogens (tertiary/aromatic N) is 3. The Labute approximate surface area is 121 Å². The molecule has 0 amide bonds. The van der Waals surface area contributed by atoms with Gasteiger partial charge in [-0.05, 0) is 54.4 Å². The van der Waals surface area contributed by atoms with E-state index in [2.05, 4.69) is 24.2 Å². The van der Waals surface area contributed by atoms with E-state index in [1.807, 2.05) is 31.6 Å². The zero-order valence-electron chi connectivity index (χ0n) is 13.6. The third kappa shape index (κ3) is 5.41. The number of aryl methyl sites for hydroxylation is 1. The van der Waals surface area contributed by atoms with Gasteiger partial charge in [0.15, 0.2) is 0 Å². The van der Waals surface area contributed by atoms with Crippen LogP contribution in [0.2, 0.25) is 0 Å². The smallest absolute Gasteiger partial charge is 0.129 e. The van der Waals surface area contributed by atoms with Crippen LogP contribution in [0.15, 0.2) is 6.20 Å². The van der Waals surface area contributed by atoms with Gasteiger partial charge in [0.05, 0.1) is 16.8 Å². The summed E-state index contributed by atoms with van der Waals surface area (Å²) < 4.78 is 7.81. The van der Waals surface area contributed by atoms with Gasteiger partial charge in [-0.25, -0.2) is 4.68 Å². The summed E-state index contributed by atoms with van der Waals surface area (Å²) in [7, 11) is 0. The number of aromatic nitrogens is 3. The SMILES string of the molecule is CC(=O)CCC(C)(C)OCCC(C)(C)n1cc(C)nn1. The predicted molar refractivity (Wildman–Crippen MR) is 78.6 cm³/mol. The molecule has 0 saturated heterocycles. The minimum Gasteiger partial charge on any atom is -0.375 e. The molecule has 0 unspecified atom stereocenters. The van der Waals surface area contributed by atoms with Crippen molar-refractivity contribution in [1.82, 2.24) is 15.0 Å². The van der Waals surface area contributed by atoms with Crippen LogP contribution < -0.4 is 0 Å². The van der Waals surface area contributed by atoms with Crippen LogP contribution in [-0.2, 0) is 15.1 Å². The molecule has 0 radical (unpaired) electrons. The number of Topliss-reactive ketones (excluding diaryl/α,β-unsaturated/α-hetero) is 1. The minimum atomic E-state index is -0.264. The van der Waals surface area contributed by atoms with Gasteiger partial charge in [0.25, 0.3) is 0 Å². The second-order valence-corrected chi connectivity index (χ2v) is 6.68. The van der Waals surface area contributed by atoms with E-state index in [0.29, 0.717) is 13.0 Å². The highest BCUT2D eigenvalue weighted by atomic mass is 16.5. The maximum Gasteiger partial charge on any atom is 0.129 e. The average molecular weight is 281 g/mol. The molecule has 114 valence electrons. The van der Waals surface area contributed by atoms with Crippen molar-refractivity contribution in [2.24, 2.45) is 0 Å². The Morgan fingerprint density at radius 1 is 1.30 bits per heavy atom. The number of hydrogen-bond donors (Lipinski definition) is 0. The van der Waals surface area contributed by atoms with Gasteiger partial charge in [0.1, 0.15) is 5.78 Å². The highest BCUT2D eigenvalue weighted by molar-refractivity contribution is 5.75. The van der Waals surface area contributed by atoms with Crippen LogP contribution in [0.4, 0.5) is 0 Å². The first-order valence-electron chi connectivity index (χ1n) is 7.15. The van der Waals surface area contributed by atoms with Gasteiger partial charge in [-0.1, -0.05) is 5.21 Å². The second kappa shape index (κ2) is 6.48. The summed E-state index contributed by atoms with van der Waals surface area (Å²) in [5, 5.41) is 8.15. The van der Waals surface area contributed by atoms with Gasteiger partial charge >= 0.3 is 0 Å². The molecule has 0 aromatic carbocycles. The maximum absolute atomic E-state index is 11.0. The quantitative estimate of drug-likeness (QED) is 0.735. The van der Waals surface area contributed by atoms with E-state index >= 15 is 0 Å². The number of ether oxygens (including phenoxy) is 1. The average Bonchev–Trinajstić information content (AvgIpc) is 2.74. The molecule has 1 aromatic rings. The third-order valence-electron chi connectivity index (χ3n) is 3.51. The summed E-state index contributed by atoms with van der Waals surface area (Å²) >= 11 is 0. The normalized spacial score (nSPS) is 12.7. The fraction of sp³-hybridized carbons (Fsp3) is 0.800. The molecule has 5 heteroatoms. The molecule has 0 saturated carbocycles. The lowest BCUT2D eigenvalue weighted by molar-refractivity contribution is -0.119. The van der Waals surface area contributed by atoms with Gasteiger partial charge in [0, 0.05) is 19.2 Å². The summed E-state index contributed by atoms with van der Waals surface area (Å²) in [6.07, 6.45) is 4.12. The molecule has 0 atom stereocenters. The summed E-state index contributed by atoms with van der Waals surface area (Å²) in [5.41, 5.74) is 0.526. The number of rotatable bonds is 8. The first-order valence-corrected chi connectivity index (χ1v) is 7.15. The summed E-state index contributed by atoms with van der Waals surface area (Å²) in [6, 6.07) is 0. The largest absolute Gasteiger partial charge is 0.375 e. The molecule has 0 aliphatic heterocycles. The Balaban J connectivity index is 2.44. The Kier molecular flexibility index (Phi) is 5.45. The molecule has 5 nitrogen and oxygen atoms in total. The highest BCUT2D eigenvalue weighted by Gasteiger charge is 2.24. The van der Waals surface area contributed by atoms with Gasteiger partial charge in [-0.15, -0.1) is 5.10 Å². The van der Waals surface area contributed by atoms with Crippen molar-refractivity contribution in [1.29, 1.82) is 0 Å². The molecule has 0 aliphatic rings. The topological polar surface area (TPSA) is 57.0 Å². The van der Waals surface area contributed by atoms with E-state index in [1.165, 1.54) is 0 Å². The zero-order chi connectivity index (χ0) is 15.4. The van der Waals surface area contributed by atoms with Crippen LogP contribution in [0, 0.1) is 6.92 Å². The van der Waals surface area contributed by atoms with E-state index < -0.39 is 0 Å². The van der Waals surface area contributed by atoms with E-state index in [-0.39, 0.29) is 16.9 Å². The standard InChI is InChI=1S/C15H27N3O2/c1-12-11-18(17-16-12)14(3,4)9-10-20-15(5,6)8-7-13(2)19/h11H,7-10H2,1-6H3. The molecule has 1 heterocycles. The molecule has 0 spiro atoms. The Bertz CT molecular complexity index is 450. The lowest BCUT2D eigenvalue weighted by Gasteiger charge is -2.29. The van der Waals surface area contributed by atoms with E-state index in [9.17, 15) is 4.79 Å². The van der Waals surface area contributed by atoms with Crippen molar-refractivity contribution in [2.75, 3.05) is 6.61 Å². The van der Waals surface area contributed by atoms with Gasteiger partial charge in [-0.2, -0.15) is 0 Å². The van der Waals surface area contributed by atoms with Gasteiger partial charge < -0.3 is 9.53 Å².